The van der Waals surface area contributed by atoms with E-state index in [-0.39, 0.29) is 5.56 Å². The Bertz CT molecular complexity index is 840. The summed E-state index contributed by atoms with van der Waals surface area (Å²) in [6.07, 6.45) is 1.90. The van der Waals surface area contributed by atoms with Crippen molar-refractivity contribution in [3.05, 3.63) is 58.2 Å². The number of ether oxygens (including phenoxy) is 1. The highest BCUT2D eigenvalue weighted by Gasteiger charge is 2.11. The average molecular weight is 361 g/mol. The van der Waals surface area contributed by atoms with Crippen LogP contribution in [0.2, 0.25) is 0 Å². The Morgan fingerprint density at radius 1 is 1.32 bits per heavy atom. The molecule has 3 aromatic rings. The van der Waals surface area contributed by atoms with Gasteiger partial charge in [0.05, 0.1) is 24.7 Å². The van der Waals surface area contributed by atoms with Crippen molar-refractivity contribution >= 4 is 32.8 Å². The molecule has 0 atom stereocenters. The lowest BCUT2D eigenvalue weighted by atomic mass is 10.2. The predicted molar refractivity (Wildman–Crippen MR) is 86.5 cm³/mol. The normalized spacial score (nSPS) is 10.8. The molecule has 112 valence electrons. The number of aromatic nitrogens is 2. The minimum absolute atomic E-state index is 0.217. The van der Waals surface area contributed by atoms with Crippen molar-refractivity contribution in [2.45, 2.75) is 6.54 Å². The summed E-state index contributed by atoms with van der Waals surface area (Å²) in [6.45, 7) is 0.605. The Morgan fingerprint density at radius 2 is 2.05 bits per heavy atom. The number of rotatable bonds is 4. The molecule has 1 N–H and O–H groups in total. The van der Waals surface area contributed by atoms with Crippen LogP contribution < -0.4 is 4.74 Å². The Labute approximate surface area is 135 Å². The number of carboxylic acids is 1. The first-order valence-corrected chi connectivity index (χ1v) is 7.39. The van der Waals surface area contributed by atoms with Crippen molar-refractivity contribution in [3.63, 3.8) is 0 Å². The molecule has 3 rings (SSSR count). The van der Waals surface area contributed by atoms with Crippen LogP contribution in [0.15, 0.2) is 47.1 Å². The first-order chi connectivity index (χ1) is 10.6. The van der Waals surface area contributed by atoms with Crippen LogP contribution in [0.3, 0.4) is 0 Å². The third-order valence-corrected chi connectivity index (χ3v) is 4.03. The minimum atomic E-state index is -0.965. The number of halogens is 1. The molecule has 1 aromatic heterocycles. The van der Waals surface area contributed by atoms with Gasteiger partial charge in [-0.1, -0.05) is 28.1 Å². The number of carbonyl (C=O) groups is 1. The largest absolute Gasteiger partial charge is 0.497 e. The van der Waals surface area contributed by atoms with Gasteiger partial charge in [-0.2, -0.15) is 5.10 Å². The lowest BCUT2D eigenvalue weighted by Crippen LogP contribution is -2.00. The zero-order chi connectivity index (χ0) is 15.7. The van der Waals surface area contributed by atoms with Crippen LogP contribution in [-0.4, -0.2) is 28.0 Å². The second kappa shape index (κ2) is 5.81. The van der Waals surface area contributed by atoms with Crippen molar-refractivity contribution in [3.8, 4) is 5.75 Å². The molecule has 0 fully saturated rings. The quantitative estimate of drug-likeness (QED) is 0.772. The Kier molecular flexibility index (Phi) is 3.85. The van der Waals surface area contributed by atoms with Gasteiger partial charge in [0.2, 0.25) is 0 Å². The Hall–Kier alpha value is -2.34. The summed E-state index contributed by atoms with van der Waals surface area (Å²) in [6, 6.07) is 10.9. The van der Waals surface area contributed by atoms with Crippen molar-refractivity contribution in [1.29, 1.82) is 0 Å². The van der Waals surface area contributed by atoms with E-state index in [1.54, 1.807) is 23.9 Å². The van der Waals surface area contributed by atoms with Gasteiger partial charge in [0.1, 0.15) is 5.75 Å². The Balaban J connectivity index is 1.94. The molecular weight excluding hydrogens is 348 g/mol. The molecule has 22 heavy (non-hydrogen) atoms. The van der Waals surface area contributed by atoms with Gasteiger partial charge in [-0.3, -0.25) is 4.68 Å². The van der Waals surface area contributed by atoms with Crippen LogP contribution in [-0.2, 0) is 6.54 Å². The molecule has 0 amide bonds. The second-order valence-electron chi connectivity index (χ2n) is 4.87. The molecule has 6 heteroatoms. The molecule has 0 saturated heterocycles. The SMILES string of the molecule is COc1ccc(Cn2cc3c(Br)cc(C(=O)O)cc3n2)cc1. The van der Waals surface area contributed by atoms with Gasteiger partial charge in [0.25, 0.3) is 0 Å². The maximum Gasteiger partial charge on any atom is 0.335 e. The molecule has 0 unspecified atom stereocenters. The first kappa shape index (κ1) is 14.6. The summed E-state index contributed by atoms with van der Waals surface area (Å²) in [4.78, 5) is 11.1. The molecule has 0 aliphatic heterocycles. The maximum absolute atomic E-state index is 11.1. The lowest BCUT2D eigenvalue weighted by molar-refractivity contribution is 0.0697. The van der Waals surface area contributed by atoms with E-state index in [1.165, 1.54) is 0 Å². The zero-order valence-electron chi connectivity index (χ0n) is 11.8. The summed E-state index contributed by atoms with van der Waals surface area (Å²) < 4.78 is 7.65. The van der Waals surface area contributed by atoms with Crippen LogP contribution in [0.1, 0.15) is 15.9 Å². The van der Waals surface area contributed by atoms with E-state index in [1.807, 2.05) is 30.5 Å². The summed E-state index contributed by atoms with van der Waals surface area (Å²) in [5.41, 5.74) is 1.96. The number of benzene rings is 2. The van der Waals surface area contributed by atoms with E-state index in [2.05, 4.69) is 21.0 Å². The number of carboxylic acid groups (broad SMARTS) is 1. The van der Waals surface area contributed by atoms with Gasteiger partial charge in [-0.15, -0.1) is 0 Å². The van der Waals surface area contributed by atoms with Gasteiger partial charge < -0.3 is 9.84 Å². The number of methoxy groups -OCH3 is 1. The number of aromatic carboxylic acids is 1. The fourth-order valence-electron chi connectivity index (χ4n) is 2.25. The van der Waals surface area contributed by atoms with Gasteiger partial charge in [-0.05, 0) is 29.8 Å². The predicted octanol–water partition coefficient (Wildman–Crippen LogP) is 3.55. The van der Waals surface area contributed by atoms with E-state index >= 15 is 0 Å². The van der Waals surface area contributed by atoms with E-state index < -0.39 is 5.97 Å². The van der Waals surface area contributed by atoms with Gasteiger partial charge in [-0.25, -0.2) is 4.79 Å². The smallest absolute Gasteiger partial charge is 0.335 e. The van der Waals surface area contributed by atoms with Crippen LogP contribution in [0.25, 0.3) is 10.9 Å². The lowest BCUT2D eigenvalue weighted by Gasteiger charge is -2.03. The van der Waals surface area contributed by atoms with E-state index in [9.17, 15) is 4.79 Å². The maximum atomic E-state index is 11.1. The molecule has 0 aliphatic rings. The number of fused-ring (bicyclic) bond motifs is 1. The summed E-state index contributed by atoms with van der Waals surface area (Å²) >= 11 is 3.40. The standard InChI is InChI=1S/C16H13BrN2O3/c1-22-12-4-2-10(3-5-12)8-19-9-13-14(17)6-11(16(20)21)7-15(13)18-19/h2-7,9H,8H2,1H3,(H,20,21). The third-order valence-electron chi connectivity index (χ3n) is 3.37. The highest BCUT2D eigenvalue weighted by atomic mass is 79.9. The van der Waals surface area contributed by atoms with E-state index in [4.69, 9.17) is 9.84 Å². The molecule has 2 aromatic carbocycles. The van der Waals surface area contributed by atoms with Gasteiger partial charge >= 0.3 is 5.97 Å². The fraction of sp³-hybridized carbons (Fsp3) is 0.125. The van der Waals surface area contributed by atoms with Crippen LogP contribution >= 0.6 is 15.9 Å². The topological polar surface area (TPSA) is 64.3 Å². The highest BCUT2D eigenvalue weighted by molar-refractivity contribution is 9.10. The second-order valence-corrected chi connectivity index (χ2v) is 5.73. The highest BCUT2D eigenvalue weighted by Crippen LogP contribution is 2.25. The molecule has 0 radical (unpaired) electrons. The summed E-state index contributed by atoms with van der Waals surface area (Å²) in [5.74, 6) is -0.157. The van der Waals surface area contributed by atoms with Crippen LogP contribution in [0.4, 0.5) is 0 Å². The van der Waals surface area contributed by atoms with E-state index in [0.29, 0.717) is 12.1 Å². The summed E-state index contributed by atoms with van der Waals surface area (Å²) in [5, 5.41) is 14.4. The van der Waals surface area contributed by atoms with E-state index in [0.717, 1.165) is 21.2 Å². The van der Waals surface area contributed by atoms with Crippen molar-refractivity contribution in [1.82, 2.24) is 9.78 Å². The molecule has 0 saturated carbocycles. The van der Waals surface area contributed by atoms with Crippen molar-refractivity contribution < 1.29 is 14.6 Å². The monoisotopic (exact) mass is 360 g/mol. The molecule has 5 nitrogen and oxygen atoms in total. The minimum Gasteiger partial charge on any atom is -0.497 e. The first-order valence-electron chi connectivity index (χ1n) is 6.60. The van der Waals surface area contributed by atoms with Gasteiger partial charge in [0, 0.05) is 16.1 Å². The molecule has 0 aliphatic carbocycles. The number of hydrogen-bond acceptors (Lipinski definition) is 3. The third kappa shape index (κ3) is 2.82. The number of nitrogens with zero attached hydrogens (tertiary/aromatic N) is 2. The Morgan fingerprint density at radius 3 is 2.68 bits per heavy atom. The molecule has 1 heterocycles. The molecule has 0 spiro atoms. The molecule has 0 bridgehead atoms. The fourth-order valence-corrected chi connectivity index (χ4v) is 2.80. The van der Waals surface area contributed by atoms with Crippen LogP contribution in [0, 0.1) is 0 Å². The van der Waals surface area contributed by atoms with Crippen molar-refractivity contribution in [2.24, 2.45) is 0 Å². The summed E-state index contributed by atoms with van der Waals surface area (Å²) in [7, 11) is 1.63. The van der Waals surface area contributed by atoms with Crippen molar-refractivity contribution in [2.75, 3.05) is 7.11 Å². The molecular formula is C16H13BrN2O3. The number of hydrogen-bond donors (Lipinski definition) is 1. The zero-order valence-corrected chi connectivity index (χ0v) is 13.4. The van der Waals surface area contributed by atoms with Crippen LogP contribution in [0.5, 0.6) is 5.75 Å². The van der Waals surface area contributed by atoms with Gasteiger partial charge in [0.15, 0.2) is 0 Å². The average Bonchev–Trinajstić information content (AvgIpc) is 2.91.